The van der Waals surface area contributed by atoms with Gasteiger partial charge in [-0.2, -0.15) is 11.3 Å². The summed E-state index contributed by atoms with van der Waals surface area (Å²) in [5.41, 5.74) is 1.72. The Labute approximate surface area is 133 Å². The summed E-state index contributed by atoms with van der Waals surface area (Å²) in [5, 5.41) is 6.96. The van der Waals surface area contributed by atoms with Crippen molar-refractivity contribution < 1.29 is 9.21 Å². The molecule has 0 atom stereocenters. The number of rotatable bonds is 5. The van der Waals surface area contributed by atoms with Crippen LogP contribution >= 0.6 is 23.1 Å². The van der Waals surface area contributed by atoms with Crippen molar-refractivity contribution in [2.75, 3.05) is 5.75 Å². The summed E-state index contributed by atoms with van der Waals surface area (Å²) in [6.07, 6.45) is 0. The summed E-state index contributed by atoms with van der Waals surface area (Å²) in [5.74, 6) is 2.63. The van der Waals surface area contributed by atoms with Crippen LogP contribution in [0.4, 0.5) is 0 Å². The zero-order chi connectivity index (χ0) is 15.5. The number of aryl methyl sites for hydroxylation is 1. The van der Waals surface area contributed by atoms with Gasteiger partial charge in [0, 0.05) is 22.2 Å². The summed E-state index contributed by atoms with van der Waals surface area (Å²) in [6, 6.07) is 1.99. The fourth-order valence-electron chi connectivity index (χ4n) is 1.77. The number of oxazole rings is 1. The van der Waals surface area contributed by atoms with Gasteiger partial charge in [0.15, 0.2) is 0 Å². The van der Waals surface area contributed by atoms with Crippen LogP contribution in [0.2, 0.25) is 0 Å². The summed E-state index contributed by atoms with van der Waals surface area (Å²) in [6.45, 7) is 7.84. The van der Waals surface area contributed by atoms with Crippen molar-refractivity contribution in [3.8, 4) is 11.5 Å². The Morgan fingerprint density at radius 1 is 1.48 bits per heavy atom. The van der Waals surface area contributed by atoms with Gasteiger partial charge >= 0.3 is 0 Å². The molecule has 0 aromatic carbocycles. The highest BCUT2D eigenvalue weighted by molar-refractivity contribution is 7.99. The lowest BCUT2D eigenvalue weighted by atomic mass is 10.1. The van der Waals surface area contributed by atoms with Crippen molar-refractivity contribution in [1.82, 2.24) is 10.3 Å². The lowest BCUT2D eigenvalue weighted by Gasteiger charge is -2.20. The maximum atomic E-state index is 11.8. The van der Waals surface area contributed by atoms with Crippen LogP contribution in [0.1, 0.15) is 32.2 Å². The van der Waals surface area contributed by atoms with Crippen LogP contribution in [0.25, 0.3) is 11.5 Å². The van der Waals surface area contributed by atoms with Crippen LogP contribution in [-0.4, -0.2) is 22.2 Å². The van der Waals surface area contributed by atoms with E-state index >= 15 is 0 Å². The number of hydrogen-bond donors (Lipinski definition) is 1. The van der Waals surface area contributed by atoms with E-state index in [0.29, 0.717) is 17.4 Å². The van der Waals surface area contributed by atoms with Crippen LogP contribution in [0.3, 0.4) is 0 Å². The van der Waals surface area contributed by atoms with Crippen molar-refractivity contribution >= 4 is 29.0 Å². The van der Waals surface area contributed by atoms with Crippen molar-refractivity contribution in [2.45, 2.75) is 39.0 Å². The van der Waals surface area contributed by atoms with E-state index < -0.39 is 0 Å². The third kappa shape index (κ3) is 4.89. The van der Waals surface area contributed by atoms with Crippen molar-refractivity contribution in [3.63, 3.8) is 0 Å². The molecule has 0 saturated carbocycles. The summed E-state index contributed by atoms with van der Waals surface area (Å²) < 4.78 is 5.68. The second-order valence-corrected chi connectivity index (χ2v) is 7.59. The topological polar surface area (TPSA) is 55.1 Å². The molecular weight excluding hydrogens is 304 g/mol. The first-order valence-electron chi connectivity index (χ1n) is 6.73. The molecule has 0 bridgehead atoms. The minimum atomic E-state index is -0.187. The monoisotopic (exact) mass is 324 g/mol. The molecule has 2 rings (SSSR count). The molecule has 0 unspecified atom stereocenters. The van der Waals surface area contributed by atoms with E-state index in [1.54, 1.807) is 23.1 Å². The second kappa shape index (κ2) is 6.66. The largest absolute Gasteiger partial charge is 0.441 e. The molecule has 0 spiro atoms. The van der Waals surface area contributed by atoms with Crippen LogP contribution in [0.5, 0.6) is 0 Å². The normalized spacial score (nSPS) is 11.6. The number of aromatic nitrogens is 1. The van der Waals surface area contributed by atoms with Crippen LogP contribution in [0.15, 0.2) is 21.2 Å². The highest BCUT2D eigenvalue weighted by Crippen LogP contribution is 2.25. The molecule has 0 saturated heterocycles. The third-order valence-corrected chi connectivity index (χ3v) is 4.27. The average molecular weight is 324 g/mol. The zero-order valence-electron chi connectivity index (χ0n) is 12.7. The number of carbonyl (C=O) groups excluding carboxylic acids is 1. The fraction of sp³-hybridized carbons (Fsp3) is 0.467. The second-order valence-electron chi connectivity index (χ2n) is 5.82. The summed E-state index contributed by atoms with van der Waals surface area (Å²) >= 11 is 3.17. The fourth-order valence-corrected chi connectivity index (χ4v) is 3.22. The number of thiophene rings is 1. The maximum absolute atomic E-state index is 11.8. The minimum absolute atomic E-state index is 0.0479. The average Bonchev–Trinajstić information content (AvgIpc) is 2.97. The molecule has 114 valence electrons. The van der Waals surface area contributed by atoms with Gasteiger partial charge in [-0.05, 0) is 39.1 Å². The van der Waals surface area contributed by atoms with Gasteiger partial charge in [-0.1, -0.05) is 0 Å². The SMILES string of the molecule is Cc1oc(-c2ccsc2)nc1CSCC(=O)NC(C)(C)C. The molecule has 1 amide bonds. The predicted molar refractivity (Wildman–Crippen MR) is 88.6 cm³/mol. The molecule has 2 heterocycles. The Morgan fingerprint density at radius 3 is 2.86 bits per heavy atom. The van der Waals surface area contributed by atoms with Crippen molar-refractivity contribution in [2.24, 2.45) is 0 Å². The Balaban J connectivity index is 1.88. The number of carbonyl (C=O) groups is 1. The molecule has 4 nitrogen and oxygen atoms in total. The number of amides is 1. The van der Waals surface area contributed by atoms with Gasteiger partial charge in [-0.15, -0.1) is 11.8 Å². The number of nitrogens with one attached hydrogen (secondary N) is 1. The molecule has 6 heteroatoms. The van der Waals surface area contributed by atoms with Crippen LogP contribution < -0.4 is 5.32 Å². The van der Waals surface area contributed by atoms with Gasteiger partial charge in [0.1, 0.15) is 5.76 Å². The molecular formula is C15H20N2O2S2. The number of nitrogens with zero attached hydrogens (tertiary/aromatic N) is 1. The Bertz CT molecular complexity index is 598. The maximum Gasteiger partial charge on any atom is 0.230 e. The molecule has 0 aliphatic heterocycles. The first-order valence-corrected chi connectivity index (χ1v) is 8.82. The van der Waals surface area contributed by atoms with E-state index in [9.17, 15) is 4.79 Å². The van der Waals surface area contributed by atoms with Crippen LogP contribution in [-0.2, 0) is 10.5 Å². The molecule has 0 fully saturated rings. The smallest absolute Gasteiger partial charge is 0.230 e. The molecule has 1 N–H and O–H groups in total. The Hall–Kier alpha value is -1.27. The minimum Gasteiger partial charge on any atom is -0.441 e. The van der Waals surface area contributed by atoms with Gasteiger partial charge < -0.3 is 9.73 Å². The van der Waals surface area contributed by atoms with Gasteiger partial charge in [-0.25, -0.2) is 4.98 Å². The van der Waals surface area contributed by atoms with E-state index in [-0.39, 0.29) is 11.4 Å². The van der Waals surface area contributed by atoms with Gasteiger partial charge in [-0.3, -0.25) is 4.79 Å². The molecule has 0 aliphatic rings. The third-order valence-electron chi connectivity index (χ3n) is 2.65. The zero-order valence-corrected chi connectivity index (χ0v) is 14.4. The number of hydrogen-bond acceptors (Lipinski definition) is 5. The first-order chi connectivity index (χ1) is 9.85. The Morgan fingerprint density at radius 2 is 2.24 bits per heavy atom. The van der Waals surface area contributed by atoms with Crippen molar-refractivity contribution in [1.29, 1.82) is 0 Å². The first kappa shape index (κ1) is 16.1. The molecule has 0 aliphatic carbocycles. The summed E-state index contributed by atoms with van der Waals surface area (Å²) in [4.78, 5) is 16.3. The van der Waals surface area contributed by atoms with Gasteiger partial charge in [0.05, 0.1) is 11.4 Å². The van der Waals surface area contributed by atoms with Gasteiger partial charge in [0.25, 0.3) is 0 Å². The van der Waals surface area contributed by atoms with Gasteiger partial charge in [0.2, 0.25) is 11.8 Å². The van der Waals surface area contributed by atoms with E-state index in [4.69, 9.17) is 4.42 Å². The molecule has 0 radical (unpaired) electrons. The Kier molecular flexibility index (Phi) is 5.11. The summed E-state index contributed by atoms with van der Waals surface area (Å²) in [7, 11) is 0. The highest BCUT2D eigenvalue weighted by Gasteiger charge is 2.15. The lowest BCUT2D eigenvalue weighted by molar-refractivity contribution is -0.119. The van der Waals surface area contributed by atoms with Crippen LogP contribution in [0, 0.1) is 6.92 Å². The quantitative estimate of drug-likeness (QED) is 0.907. The van der Waals surface area contributed by atoms with E-state index in [1.807, 2.05) is 44.5 Å². The standard InChI is InChI=1S/C15H20N2O2S2/c1-10-12(8-21-9-13(18)17-15(2,3)4)16-14(19-10)11-5-6-20-7-11/h5-7H,8-9H2,1-4H3,(H,17,18). The highest BCUT2D eigenvalue weighted by atomic mass is 32.2. The van der Waals surface area contributed by atoms with E-state index in [2.05, 4.69) is 10.3 Å². The number of thioether (sulfide) groups is 1. The predicted octanol–water partition coefficient (Wildman–Crippen LogP) is 3.86. The van der Waals surface area contributed by atoms with E-state index in [1.165, 1.54) is 0 Å². The lowest BCUT2D eigenvalue weighted by Crippen LogP contribution is -2.41. The molecule has 2 aromatic heterocycles. The van der Waals surface area contributed by atoms with E-state index in [0.717, 1.165) is 17.0 Å². The van der Waals surface area contributed by atoms with Crippen molar-refractivity contribution in [3.05, 3.63) is 28.3 Å². The molecule has 2 aromatic rings. The molecule has 21 heavy (non-hydrogen) atoms.